The van der Waals surface area contributed by atoms with Crippen LogP contribution in [0.25, 0.3) is 11.1 Å². The molecule has 1 atom stereocenters. The van der Waals surface area contributed by atoms with Gasteiger partial charge in [0.2, 0.25) is 0 Å². The third kappa shape index (κ3) is 4.27. The molecule has 1 aromatic heterocycles. The summed E-state index contributed by atoms with van der Waals surface area (Å²) in [4.78, 5) is 17.8. The van der Waals surface area contributed by atoms with Gasteiger partial charge in [0.1, 0.15) is 0 Å². The van der Waals surface area contributed by atoms with Gasteiger partial charge in [-0.1, -0.05) is 37.3 Å². The largest absolute Gasteiger partial charge is 0.459 e. The smallest absolute Gasteiger partial charge is 0.290 e. The van der Waals surface area contributed by atoms with Gasteiger partial charge in [-0.15, -0.1) is 0 Å². The van der Waals surface area contributed by atoms with Gasteiger partial charge in [0, 0.05) is 25.2 Å². The number of furan rings is 1. The number of hydrogen-bond donors (Lipinski definition) is 0. The molecule has 4 heteroatoms. The third-order valence-electron chi connectivity index (χ3n) is 6.14. The van der Waals surface area contributed by atoms with Crippen molar-refractivity contribution in [3.8, 4) is 11.1 Å². The standard InChI is InChI=1S/C23H30N2O2/c1-18-9-13-24(14-10-18)16-19-6-5-12-25(17-19)23(26)22-21(11-15-27-22)20-7-3-2-4-8-20/h2-4,7-8,11,15,18-19H,5-6,9-10,12-14,16-17H2,1H3. The average Bonchev–Trinajstić information content (AvgIpc) is 3.20. The molecule has 3 heterocycles. The van der Waals surface area contributed by atoms with Crippen LogP contribution in [0.2, 0.25) is 0 Å². The SMILES string of the molecule is CC1CCN(CC2CCCN(C(=O)c3occc3-c3ccccc3)C2)CC1. The lowest BCUT2D eigenvalue weighted by atomic mass is 9.94. The van der Waals surface area contributed by atoms with E-state index in [4.69, 9.17) is 4.42 Å². The lowest BCUT2D eigenvalue weighted by molar-refractivity contribution is 0.0593. The van der Waals surface area contributed by atoms with Crippen molar-refractivity contribution in [2.45, 2.75) is 32.6 Å². The molecule has 2 aliphatic heterocycles. The number of amides is 1. The fraction of sp³-hybridized carbons (Fsp3) is 0.522. The van der Waals surface area contributed by atoms with E-state index in [1.807, 2.05) is 41.3 Å². The summed E-state index contributed by atoms with van der Waals surface area (Å²) in [5.74, 6) is 1.96. The highest BCUT2D eigenvalue weighted by Gasteiger charge is 2.29. The van der Waals surface area contributed by atoms with Gasteiger partial charge >= 0.3 is 0 Å². The first-order valence-electron chi connectivity index (χ1n) is 10.3. The van der Waals surface area contributed by atoms with Gasteiger partial charge in [-0.05, 0) is 62.2 Å². The number of nitrogens with zero attached hydrogens (tertiary/aromatic N) is 2. The van der Waals surface area contributed by atoms with Crippen LogP contribution in [0, 0.1) is 11.8 Å². The van der Waals surface area contributed by atoms with Gasteiger partial charge in [0.05, 0.1) is 6.26 Å². The van der Waals surface area contributed by atoms with Crippen LogP contribution in [-0.4, -0.2) is 48.4 Å². The number of benzene rings is 1. The van der Waals surface area contributed by atoms with Crippen molar-refractivity contribution in [1.29, 1.82) is 0 Å². The Kier molecular flexibility index (Phi) is 5.63. The molecular formula is C23H30N2O2. The minimum Gasteiger partial charge on any atom is -0.459 e. The highest BCUT2D eigenvalue weighted by Crippen LogP contribution is 2.28. The highest BCUT2D eigenvalue weighted by atomic mass is 16.3. The fourth-order valence-corrected chi connectivity index (χ4v) is 4.47. The Morgan fingerprint density at radius 3 is 2.63 bits per heavy atom. The molecule has 1 aromatic carbocycles. The van der Waals surface area contributed by atoms with Crippen molar-refractivity contribution in [1.82, 2.24) is 9.80 Å². The zero-order valence-electron chi connectivity index (χ0n) is 16.3. The molecule has 144 valence electrons. The second-order valence-electron chi connectivity index (χ2n) is 8.27. The molecule has 1 unspecified atom stereocenters. The van der Waals surface area contributed by atoms with E-state index in [-0.39, 0.29) is 5.91 Å². The molecule has 0 aliphatic carbocycles. The molecule has 0 spiro atoms. The van der Waals surface area contributed by atoms with Gasteiger partial charge in [-0.2, -0.15) is 0 Å². The second-order valence-corrected chi connectivity index (χ2v) is 8.27. The molecule has 2 fully saturated rings. The van der Waals surface area contributed by atoms with Crippen molar-refractivity contribution in [2.75, 3.05) is 32.7 Å². The molecule has 2 saturated heterocycles. The van der Waals surface area contributed by atoms with Gasteiger partial charge < -0.3 is 14.2 Å². The van der Waals surface area contributed by atoms with E-state index >= 15 is 0 Å². The van der Waals surface area contributed by atoms with Crippen molar-refractivity contribution in [2.24, 2.45) is 11.8 Å². The van der Waals surface area contributed by atoms with E-state index in [0.29, 0.717) is 11.7 Å². The van der Waals surface area contributed by atoms with Crippen molar-refractivity contribution >= 4 is 5.91 Å². The average molecular weight is 367 g/mol. The molecule has 27 heavy (non-hydrogen) atoms. The van der Waals surface area contributed by atoms with E-state index in [1.165, 1.54) is 32.4 Å². The molecule has 0 bridgehead atoms. The quantitative estimate of drug-likeness (QED) is 0.798. The summed E-state index contributed by atoms with van der Waals surface area (Å²) >= 11 is 0. The van der Waals surface area contributed by atoms with Crippen LogP contribution < -0.4 is 0 Å². The van der Waals surface area contributed by atoms with Crippen LogP contribution in [0.5, 0.6) is 0 Å². The maximum absolute atomic E-state index is 13.2. The van der Waals surface area contributed by atoms with Crippen LogP contribution in [0.3, 0.4) is 0 Å². The first-order valence-corrected chi connectivity index (χ1v) is 10.3. The number of likely N-dealkylation sites (tertiary alicyclic amines) is 2. The Morgan fingerprint density at radius 1 is 1.07 bits per heavy atom. The number of carbonyl (C=O) groups excluding carboxylic acids is 1. The summed E-state index contributed by atoms with van der Waals surface area (Å²) in [5.41, 5.74) is 1.93. The van der Waals surface area contributed by atoms with Crippen LogP contribution in [0.15, 0.2) is 47.1 Å². The predicted molar refractivity (Wildman–Crippen MR) is 108 cm³/mol. The molecule has 0 saturated carbocycles. The Hall–Kier alpha value is -2.07. The lowest BCUT2D eigenvalue weighted by Crippen LogP contribution is -2.45. The zero-order valence-corrected chi connectivity index (χ0v) is 16.3. The van der Waals surface area contributed by atoms with Gasteiger partial charge in [-0.25, -0.2) is 0 Å². The van der Waals surface area contributed by atoms with E-state index < -0.39 is 0 Å². The summed E-state index contributed by atoms with van der Waals surface area (Å²) < 4.78 is 5.63. The number of hydrogen-bond acceptors (Lipinski definition) is 3. The topological polar surface area (TPSA) is 36.7 Å². The summed E-state index contributed by atoms with van der Waals surface area (Å²) in [6.07, 6.45) is 6.55. The molecule has 2 aromatic rings. The first kappa shape index (κ1) is 18.3. The number of carbonyl (C=O) groups is 1. The van der Waals surface area contributed by atoms with E-state index in [0.717, 1.165) is 43.1 Å². The van der Waals surface area contributed by atoms with Gasteiger partial charge in [0.15, 0.2) is 5.76 Å². The molecule has 4 nitrogen and oxygen atoms in total. The molecule has 2 aliphatic rings. The molecule has 1 amide bonds. The number of piperidine rings is 2. The summed E-state index contributed by atoms with van der Waals surface area (Å²) in [6, 6.07) is 11.9. The van der Waals surface area contributed by atoms with Gasteiger partial charge in [-0.3, -0.25) is 4.79 Å². The van der Waals surface area contributed by atoms with E-state index in [2.05, 4.69) is 11.8 Å². The normalized spacial score (nSPS) is 22.1. The summed E-state index contributed by atoms with van der Waals surface area (Å²) in [7, 11) is 0. The Labute approximate surface area is 162 Å². The Bertz CT molecular complexity index is 747. The third-order valence-corrected chi connectivity index (χ3v) is 6.14. The van der Waals surface area contributed by atoms with Crippen LogP contribution in [-0.2, 0) is 0 Å². The lowest BCUT2D eigenvalue weighted by Gasteiger charge is -2.37. The van der Waals surface area contributed by atoms with Crippen LogP contribution in [0.4, 0.5) is 0 Å². The Balaban J connectivity index is 1.41. The van der Waals surface area contributed by atoms with Crippen molar-refractivity contribution in [3.05, 3.63) is 48.4 Å². The molecule has 0 N–H and O–H groups in total. The predicted octanol–water partition coefficient (Wildman–Crippen LogP) is 4.53. The monoisotopic (exact) mass is 366 g/mol. The molecule has 0 radical (unpaired) electrons. The van der Waals surface area contributed by atoms with Crippen LogP contribution >= 0.6 is 0 Å². The highest BCUT2D eigenvalue weighted by molar-refractivity contribution is 5.98. The van der Waals surface area contributed by atoms with E-state index in [1.54, 1.807) is 6.26 Å². The van der Waals surface area contributed by atoms with Crippen molar-refractivity contribution < 1.29 is 9.21 Å². The second kappa shape index (κ2) is 8.30. The fourth-order valence-electron chi connectivity index (χ4n) is 4.47. The maximum atomic E-state index is 13.2. The van der Waals surface area contributed by atoms with Gasteiger partial charge in [0.25, 0.3) is 5.91 Å². The Morgan fingerprint density at radius 2 is 1.85 bits per heavy atom. The zero-order chi connectivity index (χ0) is 18.6. The summed E-state index contributed by atoms with van der Waals surface area (Å²) in [5, 5.41) is 0. The number of rotatable bonds is 4. The minimum absolute atomic E-state index is 0.0378. The van der Waals surface area contributed by atoms with E-state index in [9.17, 15) is 4.79 Å². The molecule has 4 rings (SSSR count). The maximum Gasteiger partial charge on any atom is 0.290 e. The summed E-state index contributed by atoms with van der Waals surface area (Å²) in [6.45, 7) is 7.58. The first-order chi connectivity index (χ1) is 13.2. The van der Waals surface area contributed by atoms with Crippen molar-refractivity contribution in [3.63, 3.8) is 0 Å². The van der Waals surface area contributed by atoms with Crippen LogP contribution in [0.1, 0.15) is 43.2 Å². The molecular weight excluding hydrogens is 336 g/mol. The minimum atomic E-state index is 0.0378.